The van der Waals surface area contributed by atoms with Gasteiger partial charge in [-0.05, 0) is 13.0 Å². The number of hydrogen-bond donors (Lipinski definition) is 3. The Kier molecular flexibility index (Phi) is 3.74. The lowest BCUT2D eigenvalue weighted by Gasteiger charge is -2.14. The molecule has 1 aromatic rings. The van der Waals surface area contributed by atoms with Crippen LogP contribution in [0, 0.1) is 0 Å². The minimum absolute atomic E-state index is 0.113. The Labute approximate surface area is 92.8 Å². The van der Waals surface area contributed by atoms with Gasteiger partial charge in [0.2, 0.25) is 5.91 Å². The molecular formula is C9H13ClN4O. The molecular weight excluding hydrogens is 216 g/mol. The second-order valence-corrected chi connectivity index (χ2v) is 3.74. The highest BCUT2D eigenvalue weighted by molar-refractivity contribution is 6.30. The predicted molar refractivity (Wildman–Crippen MR) is 60.6 cm³/mol. The number of primary amides is 1. The van der Waals surface area contributed by atoms with Gasteiger partial charge in [-0.2, -0.15) is 0 Å². The van der Waals surface area contributed by atoms with Gasteiger partial charge in [0, 0.05) is 18.7 Å². The highest BCUT2D eigenvalue weighted by Gasteiger charge is 2.08. The molecule has 0 radical (unpaired) electrons. The standard InChI is InChI=1S/C9H13ClN4O/c1-5(2-8(12)15)14-9-7(11)3-6(10)4-13-9/h3-5H,2,11H2,1H3,(H2,12,15)(H,13,14). The van der Waals surface area contributed by atoms with Crippen LogP contribution in [0.2, 0.25) is 5.02 Å². The summed E-state index contributed by atoms with van der Waals surface area (Å²) in [5, 5.41) is 3.45. The lowest BCUT2D eigenvalue weighted by atomic mass is 10.2. The van der Waals surface area contributed by atoms with Crippen LogP contribution in [0.3, 0.4) is 0 Å². The van der Waals surface area contributed by atoms with Gasteiger partial charge in [-0.15, -0.1) is 0 Å². The predicted octanol–water partition coefficient (Wildman–Crippen LogP) is 0.993. The molecule has 1 rings (SSSR count). The molecule has 6 heteroatoms. The maximum absolute atomic E-state index is 10.6. The van der Waals surface area contributed by atoms with Crippen molar-refractivity contribution in [2.45, 2.75) is 19.4 Å². The fourth-order valence-electron chi connectivity index (χ4n) is 1.16. The number of nitrogens with two attached hydrogens (primary N) is 2. The number of hydrogen-bond acceptors (Lipinski definition) is 4. The molecule has 0 saturated carbocycles. The maximum Gasteiger partial charge on any atom is 0.219 e. The quantitative estimate of drug-likeness (QED) is 0.717. The van der Waals surface area contributed by atoms with E-state index in [0.717, 1.165) is 0 Å². The van der Waals surface area contributed by atoms with Crippen molar-refractivity contribution < 1.29 is 4.79 Å². The molecule has 0 aliphatic carbocycles. The first-order chi connectivity index (χ1) is 6.99. The lowest BCUT2D eigenvalue weighted by Crippen LogP contribution is -2.24. The van der Waals surface area contributed by atoms with E-state index in [1.165, 1.54) is 6.20 Å². The van der Waals surface area contributed by atoms with E-state index >= 15 is 0 Å². The fraction of sp³-hybridized carbons (Fsp3) is 0.333. The Morgan fingerprint density at radius 1 is 1.73 bits per heavy atom. The summed E-state index contributed by atoms with van der Waals surface area (Å²) in [7, 11) is 0. The summed E-state index contributed by atoms with van der Waals surface area (Å²) >= 11 is 5.69. The summed E-state index contributed by atoms with van der Waals surface area (Å²) in [6.45, 7) is 1.82. The second-order valence-electron chi connectivity index (χ2n) is 3.31. The number of carbonyl (C=O) groups is 1. The summed E-state index contributed by atoms with van der Waals surface area (Å²) in [6, 6.07) is 1.48. The zero-order chi connectivity index (χ0) is 11.4. The van der Waals surface area contributed by atoms with Crippen LogP contribution < -0.4 is 16.8 Å². The molecule has 0 aliphatic rings. The van der Waals surface area contributed by atoms with E-state index in [2.05, 4.69) is 10.3 Å². The number of rotatable bonds is 4. The summed E-state index contributed by atoms with van der Waals surface area (Å²) in [5.41, 5.74) is 11.2. The number of nitrogens with zero attached hydrogens (tertiary/aromatic N) is 1. The van der Waals surface area contributed by atoms with E-state index in [1.807, 2.05) is 6.92 Å². The van der Waals surface area contributed by atoms with Crippen LogP contribution in [0.1, 0.15) is 13.3 Å². The number of amides is 1. The molecule has 82 valence electrons. The zero-order valence-electron chi connectivity index (χ0n) is 8.33. The van der Waals surface area contributed by atoms with Crippen molar-refractivity contribution >= 4 is 29.0 Å². The average Bonchev–Trinajstić information content (AvgIpc) is 2.08. The van der Waals surface area contributed by atoms with Crippen molar-refractivity contribution in [3.8, 4) is 0 Å². The van der Waals surface area contributed by atoms with Gasteiger partial charge >= 0.3 is 0 Å². The van der Waals surface area contributed by atoms with Crippen LogP contribution in [0.25, 0.3) is 0 Å². The van der Waals surface area contributed by atoms with Crippen molar-refractivity contribution in [1.82, 2.24) is 4.98 Å². The van der Waals surface area contributed by atoms with Crippen molar-refractivity contribution in [3.05, 3.63) is 17.3 Å². The molecule has 0 fully saturated rings. The molecule has 1 heterocycles. The molecule has 1 amide bonds. The van der Waals surface area contributed by atoms with Gasteiger partial charge in [0.05, 0.1) is 10.7 Å². The molecule has 0 spiro atoms. The van der Waals surface area contributed by atoms with Crippen molar-refractivity contribution in [3.63, 3.8) is 0 Å². The Balaban J connectivity index is 2.68. The van der Waals surface area contributed by atoms with Gasteiger partial charge < -0.3 is 16.8 Å². The largest absolute Gasteiger partial charge is 0.396 e. The Hall–Kier alpha value is -1.49. The average molecular weight is 229 g/mol. The first-order valence-corrected chi connectivity index (χ1v) is 4.82. The summed E-state index contributed by atoms with van der Waals surface area (Å²) in [5.74, 6) is 0.135. The van der Waals surface area contributed by atoms with Crippen LogP contribution in [0.5, 0.6) is 0 Å². The van der Waals surface area contributed by atoms with Crippen LogP contribution in [0.15, 0.2) is 12.3 Å². The topological polar surface area (TPSA) is 94.0 Å². The second kappa shape index (κ2) is 4.84. The minimum atomic E-state index is -0.373. The molecule has 5 nitrogen and oxygen atoms in total. The van der Waals surface area contributed by atoms with Crippen LogP contribution >= 0.6 is 11.6 Å². The number of nitrogens with one attached hydrogen (secondary N) is 1. The summed E-state index contributed by atoms with van der Waals surface area (Å²) in [6.07, 6.45) is 1.71. The molecule has 0 aromatic carbocycles. The van der Waals surface area contributed by atoms with Gasteiger partial charge in [-0.25, -0.2) is 4.98 Å². The van der Waals surface area contributed by atoms with Crippen molar-refractivity contribution in [2.24, 2.45) is 5.73 Å². The van der Waals surface area contributed by atoms with Crippen LogP contribution in [0.4, 0.5) is 11.5 Å². The maximum atomic E-state index is 10.6. The number of nitrogen functional groups attached to an aromatic ring is 1. The normalized spacial score (nSPS) is 12.1. The Bertz CT molecular complexity index is 369. The number of pyridine rings is 1. The Morgan fingerprint density at radius 2 is 2.40 bits per heavy atom. The molecule has 0 saturated heterocycles. The van der Waals surface area contributed by atoms with E-state index in [9.17, 15) is 4.79 Å². The van der Waals surface area contributed by atoms with Gasteiger partial charge in [0.15, 0.2) is 0 Å². The van der Waals surface area contributed by atoms with Crippen LogP contribution in [-0.4, -0.2) is 16.9 Å². The van der Waals surface area contributed by atoms with E-state index in [-0.39, 0.29) is 18.4 Å². The smallest absolute Gasteiger partial charge is 0.219 e. The van der Waals surface area contributed by atoms with E-state index in [1.54, 1.807) is 6.07 Å². The third-order valence-electron chi connectivity index (χ3n) is 1.77. The molecule has 0 aliphatic heterocycles. The summed E-state index contributed by atoms with van der Waals surface area (Å²) < 4.78 is 0. The van der Waals surface area contributed by atoms with E-state index < -0.39 is 0 Å². The number of aromatic nitrogens is 1. The highest BCUT2D eigenvalue weighted by Crippen LogP contribution is 2.20. The molecule has 5 N–H and O–H groups in total. The molecule has 0 bridgehead atoms. The van der Waals surface area contributed by atoms with E-state index in [0.29, 0.717) is 16.5 Å². The SMILES string of the molecule is CC(CC(N)=O)Nc1ncc(Cl)cc1N. The molecule has 1 unspecified atom stereocenters. The van der Waals surface area contributed by atoms with Gasteiger partial charge in [-0.3, -0.25) is 4.79 Å². The van der Waals surface area contributed by atoms with Gasteiger partial charge in [0.1, 0.15) is 5.82 Å². The van der Waals surface area contributed by atoms with Crippen molar-refractivity contribution in [2.75, 3.05) is 11.1 Å². The van der Waals surface area contributed by atoms with Gasteiger partial charge in [0.25, 0.3) is 0 Å². The Morgan fingerprint density at radius 3 is 2.93 bits per heavy atom. The first kappa shape index (κ1) is 11.6. The van der Waals surface area contributed by atoms with Crippen molar-refractivity contribution in [1.29, 1.82) is 0 Å². The fourth-order valence-corrected chi connectivity index (χ4v) is 1.33. The molecule has 15 heavy (non-hydrogen) atoms. The summed E-state index contributed by atoms with van der Waals surface area (Å²) in [4.78, 5) is 14.7. The minimum Gasteiger partial charge on any atom is -0.396 e. The molecule has 1 atom stereocenters. The lowest BCUT2D eigenvalue weighted by molar-refractivity contribution is -0.118. The molecule has 1 aromatic heterocycles. The number of halogens is 1. The third kappa shape index (κ3) is 3.63. The number of anilines is 2. The van der Waals surface area contributed by atoms with E-state index in [4.69, 9.17) is 23.1 Å². The first-order valence-electron chi connectivity index (χ1n) is 4.45. The zero-order valence-corrected chi connectivity index (χ0v) is 9.08. The number of carbonyl (C=O) groups excluding carboxylic acids is 1. The van der Waals surface area contributed by atoms with Crippen LogP contribution in [-0.2, 0) is 4.79 Å². The monoisotopic (exact) mass is 228 g/mol. The highest BCUT2D eigenvalue weighted by atomic mass is 35.5. The third-order valence-corrected chi connectivity index (χ3v) is 1.98. The van der Waals surface area contributed by atoms with Gasteiger partial charge in [-0.1, -0.05) is 11.6 Å².